The Hall–Kier alpha value is -1.70. The monoisotopic (exact) mass is 337 g/mol. The summed E-state index contributed by atoms with van der Waals surface area (Å²) in [5.74, 6) is 7.13. The number of nitrogens with two attached hydrogens (primary N) is 1. The van der Waals surface area contributed by atoms with Crippen molar-refractivity contribution in [3.8, 4) is 0 Å². The van der Waals surface area contributed by atoms with Crippen molar-refractivity contribution < 1.29 is 4.74 Å². The van der Waals surface area contributed by atoms with Gasteiger partial charge in [0.25, 0.3) is 0 Å². The van der Waals surface area contributed by atoms with Crippen LogP contribution in [-0.4, -0.2) is 17.1 Å². The summed E-state index contributed by atoms with van der Waals surface area (Å²) in [5.41, 5.74) is 4.60. The number of anilines is 3. The molecular weight excluding hydrogens is 322 g/mol. The lowest BCUT2D eigenvalue weighted by molar-refractivity contribution is 0.178. The van der Waals surface area contributed by atoms with Crippen molar-refractivity contribution >= 4 is 33.3 Å². The summed E-state index contributed by atoms with van der Waals surface area (Å²) in [6, 6.07) is 7.77. The van der Waals surface area contributed by atoms with E-state index in [-0.39, 0.29) is 0 Å². The van der Waals surface area contributed by atoms with Gasteiger partial charge in [0.15, 0.2) is 5.82 Å². The third-order valence-corrected chi connectivity index (χ3v) is 3.27. The van der Waals surface area contributed by atoms with Gasteiger partial charge in [0.1, 0.15) is 18.2 Å². The molecule has 0 amide bonds. The van der Waals surface area contributed by atoms with Crippen molar-refractivity contribution in [2.75, 3.05) is 17.9 Å². The smallest absolute Gasteiger partial charge is 0.158 e. The summed E-state index contributed by atoms with van der Waals surface area (Å²) in [4.78, 5) is 8.57. The standard InChI is InChI=1S/C13H16BrN5O/c1-8-3-4-9(14)10(5-8)16-11-6-12(19-15)18-13(17-11)7-20-2/h3-6H,7,15H2,1-2H3,(H2,16,17,18,19). The van der Waals surface area contributed by atoms with Crippen LogP contribution in [0.15, 0.2) is 28.7 Å². The first-order chi connectivity index (χ1) is 9.62. The molecule has 0 aliphatic heterocycles. The van der Waals surface area contributed by atoms with E-state index in [0.29, 0.717) is 24.1 Å². The van der Waals surface area contributed by atoms with Gasteiger partial charge in [-0.05, 0) is 40.5 Å². The molecule has 0 saturated carbocycles. The summed E-state index contributed by atoms with van der Waals surface area (Å²) < 4.78 is 6.00. The zero-order valence-electron chi connectivity index (χ0n) is 11.3. The van der Waals surface area contributed by atoms with Crippen molar-refractivity contribution in [3.05, 3.63) is 40.1 Å². The fourth-order valence-corrected chi connectivity index (χ4v) is 2.05. The van der Waals surface area contributed by atoms with Crippen molar-refractivity contribution in [1.29, 1.82) is 0 Å². The van der Waals surface area contributed by atoms with E-state index in [1.165, 1.54) is 0 Å². The number of hydrogen-bond acceptors (Lipinski definition) is 6. The summed E-state index contributed by atoms with van der Waals surface area (Å²) >= 11 is 3.50. The molecule has 0 aliphatic rings. The SMILES string of the molecule is COCc1nc(NN)cc(Nc2cc(C)ccc2Br)n1. The fraction of sp³-hybridized carbons (Fsp3) is 0.231. The van der Waals surface area contributed by atoms with Gasteiger partial charge in [-0.2, -0.15) is 0 Å². The van der Waals surface area contributed by atoms with E-state index in [9.17, 15) is 0 Å². The Kier molecular flexibility index (Phi) is 4.89. The maximum absolute atomic E-state index is 5.41. The average Bonchev–Trinajstić information content (AvgIpc) is 2.43. The van der Waals surface area contributed by atoms with Crippen LogP contribution < -0.4 is 16.6 Å². The zero-order valence-corrected chi connectivity index (χ0v) is 12.9. The number of aromatic nitrogens is 2. The number of nitrogen functional groups attached to an aromatic ring is 1. The zero-order chi connectivity index (χ0) is 14.5. The van der Waals surface area contributed by atoms with Gasteiger partial charge in [0, 0.05) is 17.6 Å². The molecule has 1 aromatic carbocycles. The lowest BCUT2D eigenvalue weighted by Gasteiger charge is -2.11. The van der Waals surface area contributed by atoms with E-state index in [1.807, 2.05) is 25.1 Å². The van der Waals surface area contributed by atoms with Gasteiger partial charge >= 0.3 is 0 Å². The maximum atomic E-state index is 5.41. The van der Waals surface area contributed by atoms with E-state index in [4.69, 9.17) is 10.6 Å². The minimum atomic E-state index is 0.319. The summed E-state index contributed by atoms with van der Waals surface area (Å²) in [7, 11) is 1.59. The summed E-state index contributed by atoms with van der Waals surface area (Å²) in [6.45, 7) is 2.35. The molecule has 0 radical (unpaired) electrons. The number of hydrazine groups is 1. The molecule has 106 valence electrons. The summed E-state index contributed by atoms with van der Waals surface area (Å²) in [6.07, 6.45) is 0. The number of rotatable bonds is 5. The van der Waals surface area contributed by atoms with Crippen LogP contribution in [0.2, 0.25) is 0 Å². The van der Waals surface area contributed by atoms with Gasteiger partial charge < -0.3 is 15.5 Å². The Morgan fingerprint density at radius 1 is 1.25 bits per heavy atom. The molecule has 0 atom stereocenters. The first kappa shape index (κ1) is 14.7. The number of benzene rings is 1. The Bertz CT molecular complexity index is 605. The molecule has 0 unspecified atom stereocenters. The van der Waals surface area contributed by atoms with Crippen LogP contribution in [-0.2, 0) is 11.3 Å². The highest BCUT2D eigenvalue weighted by atomic mass is 79.9. The predicted octanol–water partition coefficient (Wildman–Crippen LogP) is 2.72. The highest BCUT2D eigenvalue weighted by Gasteiger charge is 2.06. The highest BCUT2D eigenvalue weighted by Crippen LogP contribution is 2.26. The highest BCUT2D eigenvalue weighted by molar-refractivity contribution is 9.10. The van der Waals surface area contributed by atoms with Crippen LogP contribution in [0, 0.1) is 6.92 Å². The quantitative estimate of drug-likeness (QED) is 0.574. The van der Waals surface area contributed by atoms with Crippen LogP contribution >= 0.6 is 15.9 Å². The Morgan fingerprint density at radius 3 is 2.70 bits per heavy atom. The molecule has 0 fully saturated rings. The molecule has 1 heterocycles. The molecule has 0 spiro atoms. The topological polar surface area (TPSA) is 85.1 Å². The third kappa shape index (κ3) is 3.66. The van der Waals surface area contributed by atoms with Crippen LogP contribution in [0.25, 0.3) is 0 Å². The van der Waals surface area contributed by atoms with Gasteiger partial charge in [-0.25, -0.2) is 15.8 Å². The van der Waals surface area contributed by atoms with Crippen LogP contribution in [0.4, 0.5) is 17.3 Å². The molecule has 7 heteroatoms. The van der Waals surface area contributed by atoms with Gasteiger partial charge in [-0.3, -0.25) is 0 Å². The molecule has 0 bridgehead atoms. The minimum Gasteiger partial charge on any atom is -0.377 e. The second kappa shape index (κ2) is 6.65. The number of halogens is 1. The van der Waals surface area contributed by atoms with Gasteiger partial charge in [-0.1, -0.05) is 6.07 Å². The average molecular weight is 338 g/mol. The van der Waals surface area contributed by atoms with Gasteiger partial charge in [0.05, 0.1) is 5.69 Å². The molecule has 20 heavy (non-hydrogen) atoms. The lowest BCUT2D eigenvalue weighted by atomic mass is 10.2. The largest absolute Gasteiger partial charge is 0.377 e. The van der Waals surface area contributed by atoms with E-state index < -0.39 is 0 Å². The van der Waals surface area contributed by atoms with E-state index in [1.54, 1.807) is 13.2 Å². The molecule has 2 rings (SSSR count). The van der Waals surface area contributed by atoms with Crippen LogP contribution in [0.5, 0.6) is 0 Å². The lowest BCUT2D eigenvalue weighted by Crippen LogP contribution is -2.12. The Morgan fingerprint density at radius 2 is 2.00 bits per heavy atom. The van der Waals surface area contributed by atoms with Gasteiger partial charge in [-0.15, -0.1) is 0 Å². The number of nitrogens with one attached hydrogen (secondary N) is 2. The third-order valence-electron chi connectivity index (χ3n) is 2.58. The molecule has 1 aromatic heterocycles. The minimum absolute atomic E-state index is 0.319. The predicted molar refractivity (Wildman–Crippen MR) is 82.7 cm³/mol. The van der Waals surface area contributed by atoms with E-state index in [0.717, 1.165) is 15.7 Å². The number of nitrogens with zero attached hydrogens (tertiary/aromatic N) is 2. The second-order valence-corrected chi connectivity index (χ2v) is 5.09. The van der Waals surface area contributed by atoms with Crippen molar-refractivity contribution in [2.45, 2.75) is 13.5 Å². The molecular formula is C13H16BrN5O. The number of aryl methyl sites for hydroxylation is 1. The van der Waals surface area contributed by atoms with Crippen molar-refractivity contribution in [3.63, 3.8) is 0 Å². The van der Waals surface area contributed by atoms with Gasteiger partial charge in [0.2, 0.25) is 0 Å². The first-order valence-corrected chi connectivity index (χ1v) is 6.78. The van der Waals surface area contributed by atoms with E-state index >= 15 is 0 Å². The number of ether oxygens (including phenoxy) is 1. The molecule has 0 saturated heterocycles. The first-order valence-electron chi connectivity index (χ1n) is 5.99. The Labute approximate surface area is 125 Å². The van der Waals surface area contributed by atoms with E-state index in [2.05, 4.69) is 36.6 Å². The number of methoxy groups -OCH3 is 1. The maximum Gasteiger partial charge on any atom is 0.158 e. The molecule has 2 aromatic rings. The van der Waals surface area contributed by atoms with Crippen LogP contribution in [0.3, 0.4) is 0 Å². The fourth-order valence-electron chi connectivity index (χ4n) is 1.70. The Balaban J connectivity index is 2.32. The molecule has 6 nitrogen and oxygen atoms in total. The second-order valence-electron chi connectivity index (χ2n) is 4.24. The normalized spacial score (nSPS) is 10.4. The van der Waals surface area contributed by atoms with Crippen LogP contribution in [0.1, 0.15) is 11.4 Å². The van der Waals surface area contributed by atoms with Crippen molar-refractivity contribution in [1.82, 2.24) is 9.97 Å². The van der Waals surface area contributed by atoms with Crippen molar-refractivity contribution in [2.24, 2.45) is 5.84 Å². The molecule has 4 N–H and O–H groups in total. The molecule has 0 aliphatic carbocycles. The number of hydrogen-bond donors (Lipinski definition) is 3. The summed E-state index contributed by atoms with van der Waals surface area (Å²) in [5, 5.41) is 3.24.